The van der Waals surface area contributed by atoms with Crippen LogP contribution >= 0.6 is 0 Å². The first-order valence-electron chi connectivity index (χ1n) is 4.84. The van der Waals surface area contributed by atoms with Crippen LogP contribution in [0.25, 0.3) is 10.9 Å². The minimum Gasteiger partial charge on any atom is -0.508 e. The summed E-state index contributed by atoms with van der Waals surface area (Å²) in [7, 11) is 0. The largest absolute Gasteiger partial charge is 0.508 e. The van der Waals surface area contributed by atoms with E-state index >= 15 is 0 Å². The number of ketones is 1. The molecule has 1 aromatic heterocycles. The maximum Gasteiger partial charge on any atom is 0.164 e. The Morgan fingerprint density at radius 3 is 2.62 bits per heavy atom. The summed E-state index contributed by atoms with van der Waals surface area (Å²) in [6.07, 6.45) is 0. The fraction of sp³-hybridized carbons (Fsp3) is 0.167. The first-order chi connectivity index (χ1) is 7.50. The van der Waals surface area contributed by atoms with E-state index in [1.807, 2.05) is 0 Å². The third-order valence-electron chi connectivity index (χ3n) is 2.47. The van der Waals surface area contributed by atoms with Crippen molar-refractivity contribution in [2.75, 3.05) is 0 Å². The van der Waals surface area contributed by atoms with E-state index < -0.39 is 0 Å². The molecule has 0 saturated heterocycles. The van der Waals surface area contributed by atoms with Gasteiger partial charge in [-0.1, -0.05) is 0 Å². The number of rotatable bonds is 1. The maximum atomic E-state index is 11.5. The van der Waals surface area contributed by atoms with Gasteiger partial charge in [0.15, 0.2) is 5.78 Å². The fourth-order valence-electron chi connectivity index (χ4n) is 1.72. The van der Waals surface area contributed by atoms with Gasteiger partial charge < -0.3 is 10.2 Å². The number of hydrogen-bond donors (Lipinski definition) is 2. The first-order valence-corrected chi connectivity index (χ1v) is 4.84. The van der Waals surface area contributed by atoms with E-state index in [9.17, 15) is 15.0 Å². The molecule has 0 fully saturated rings. The highest BCUT2D eigenvalue weighted by Gasteiger charge is 2.15. The first kappa shape index (κ1) is 10.4. The summed E-state index contributed by atoms with van der Waals surface area (Å²) in [5, 5.41) is 19.6. The Morgan fingerprint density at radius 1 is 1.31 bits per heavy atom. The number of carbonyl (C=O) groups is 1. The second-order valence-corrected chi connectivity index (χ2v) is 3.68. The topological polar surface area (TPSA) is 70.4 Å². The van der Waals surface area contributed by atoms with Crippen molar-refractivity contribution in [2.24, 2.45) is 0 Å². The molecule has 0 aliphatic rings. The summed E-state index contributed by atoms with van der Waals surface area (Å²) < 4.78 is 0. The molecule has 2 N–H and O–H groups in total. The van der Waals surface area contributed by atoms with Crippen molar-refractivity contribution in [3.8, 4) is 11.5 Å². The van der Waals surface area contributed by atoms with Gasteiger partial charge in [-0.05, 0) is 32.0 Å². The molecule has 0 saturated carbocycles. The van der Waals surface area contributed by atoms with Crippen molar-refractivity contribution in [2.45, 2.75) is 13.8 Å². The standard InChI is InChI=1S/C12H11NO3/c1-6-12(16)11(7(2)14)9-5-8(15)3-4-10(9)13-6/h3-5,15-16H,1-2H3. The Hall–Kier alpha value is -2.10. The SMILES string of the molecule is CC(=O)c1c(O)c(C)nc2ccc(O)cc12. The summed E-state index contributed by atoms with van der Waals surface area (Å²) >= 11 is 0. The van der Waals surface area contributed by atoms with Crippen LogP contribution < -0.4 is 0 Å². The lowest BCUT2D eigenvalue weighted by atomic mass is 10.0. The van der Waals surface area contributed by atoms with Gasteiger partial charge in [0, 0.05) is 5.39 Å². The van der Waals surface area contributed by atoms with Gasteiger partial charge in [0.25, 0.3) is 0 Å². The van der Waals surface area contributed by atoms with Crippen LogP contribution in [-0.2, 0) is 0 Å². The van der Waals surface area contributed by atoms with Crippen LogP contribution in [0.1, 0.15) is 23.0 Å². The number of phenols is 1. The molecule has 0 amide bonds. The number of aryl methyl sites for hydroxylation is 1. The fourth-order valence-corrected chi connectivity index (χ4v) is 1.72. The summed E-state index contributed by atoms with van der Waals surface area (Å²) in [6.45, 7) is 3.01. The van der Waals surface area contributed by atoms with Gasteiger partial charge in [-0.25, -0.2) is 4.98 Å². The molecule has 0 aliphatic heterocycles. The average Bonchev–Trinajstić information content (AvgIpc) is 2.20. The molecule has 82 valence electrons. The number of fused-ring (bicyclic) bond motifs is 1. The molecular weight excluding hydrogens is 206 g/mol. The molecule has 0 radical (unpaired) electrons. The Labute approximate surface area is 92.2 Å². The van der Waals surface area contributed by atoms with Crippen molar-refractivity contribution in [1.82, 2.24) is 4.98 Å². The van der Waals surface area contributed by atoms with E-state index in [1.54, 1.807) is 13.0 Å². The molecule has 0 aliphatic carbocycles. The zero-order valence-corrected chi connectivity index (χ0v) is 8.98. The summed E-state index contributed by atoms with van der Waals surface area (Å²) in [4.78, 5) is 15.6. The molecule has 1 heterocycles. The van der Waals surface area contributed by atoms with E-state index in [0.29, 0.717) is 16.6 Å². The number of hydrogen-bond acceptors (Lipinski definition) is 4. The van der Waals surface area contributed by atoms with E-state index in [1.165, 1.54) is 19.1 Å². The lowest BCUT2D eigenvalue weighted by Crippen LogP contribution is -1.98. The van der Waals surface area contributed by atoms with Crippen LogP contribution in [0.15, 0.2) is 18.2 Å². The molecule has 2 rings (SSSR count). The van der Waals surface area contributed by atoms with Crippen molar-refractivity contribution in [3.05, 3.63) is 29.5 Å². The van der Waals surface area contributed by atoms with E-state index in [2.05, 4.69) is 4.98 Å². The third kappa shape index (κ3) is 1.48. The van der Waals surface area contributed by atoms with Crippen LogP contribution in [0, 0.1) is 6.92 Å². The average molecular weight is 217 g/mol. The van der Waals surface area contributed by atoms with E-state index in [-0.39, 0.29) is 22.8 Å². The molecule has 0 bridgehead atoms. The number of aromatic nitrogens is 1. The molecular formula is C12H11NO3. The van der Waals surface area contributed by atoms with Crippen molar-refractivity contribution in [3.63, 3.8) is 0 Å². The lowest BCUT2D eigenvalue weighted by molar-refractivity contribution is 0.101. The van der Waals surface area contributed by atoms with E-state index in [4.69, 9.17) is 0 Å². The van der Waals surface area contributed by atoms with Gasteiger partial charge in [0.2, 0.25) is 0 Å². The molecule has 4 nitrogen and oxygen atoms in total. The number of benzene rings is 1. The summed E-state index contributed by atoms with van der Waals surface area (Å²) in [5.41, 5.74) is 1.19. The molecule has 16 heavy (non-hydrogen) atoms. The molecule has 4 heteroatoms. The van der Waals surface area contributed by atoms with Crippen LogP contribution in [0.5, 0.6) is 11.5 Å². The zero-order valence-electron chi connectivity index (χ0n) is 8.98. The van der Waals surface area contributed by atoms with Crippen molar-refractivity contribution >= 4 is 16.7 Å². The molecule has 0 unspecified atom stereocenters. The van der Waals surface area contributed by atoms with Gasteiger partial charge >= 0.3 is 0 Å². The second kappa shape index (κ2) is 3.48. The number of carbonyl (C=O) groups excluding carboxylic acids is 1. The predicted molar refractivity (Wildman–Crippen MR) is 59.8 cm³/mol. The Morgan fingerprint density at radius 2 is 2.00 bits per heavy atom. The third-order valence-corrected chi connectivity index (χ3v) is 2.47. The van der Waals surface area contributed by atoms with Crippen LogP contribution in [-0.4, -0.2) is 21.0 Å². The Kier molecular flexibility index (Phi) is 2.27. The van der Waals surface area contributed by atoms with E-state index in [0.717, 1.165) is 0 Å². The predicted octanol–water partition coefficient (Wildman–Crippen LogP) is 2.16. The summed E-state index contributed by atoms with van der Waals surface area (Å²) in [6, 6.07) is 4.54. The van der Waals surface area contributed by atoms with Crippen LogP contribution in [0.3, 0.4) is 0 Å². The number of Topliss-reactive ketones (excluding diaryl/α,β-unsaturated/α-hetero) is 1. The van der Waals surface area contributed by atoms with Gasteiger partial charge in [-0.3, -0.25) is 4.79 Å². The highest BCUT2D eigenvalue weighted by molar-refractivity contribution is 6.09. The quantitative estimate of drug-likeness (QED) is 0.718. The molecule has 0 spiro atoms. The van der Waals surface area contributed by atoms with Crippen molar-refractivity contribution in [1.29, 1.82) is 0 Å². The van der Waals surface area contributed by atoms with Crippen molar-refractivity contribution < 1.29 is 15.0 Å². The number of pyridine rings is 1. The minimum absolute atomic E-state index is 0.0417. The van der Waals surface area contributed by atoms with Crippen LogP contribution in [0.2, 0.25) is 0 Å². The van der Waals surface area contributed by atoms with Gasteiger partial charge in [-0.15, -0.1) is 0 Å². The Bertz CT molecular complexity index is 590. The summed E-state index contributed by atoms with van der Waals surface area (Å²) in [5.74, 6) is -0.329. The second-order valence-electron chi connectivity index (χ2n) is 3.68. The molecule has 2 aromatic rings. The normalized spacial score (nSPS) is 10.6. The van der Waals surface area contributed by atoms with Crippen LogP contribution in [0.4, 0.5) is 0 Å². The maximum absolute atomic E-state index is 11.5. The highest BCUT2D eigenvalue weighted by atomic mass is 16.3. The number of nitrogens with zero attached hydrogens (tertiary/aromatic N) is 1. The smallest absolute Gasteiger partial charge is 0.164 e. The zero-order chi connectivity index (χ0) is 11.9. The number of phenolic OH excluding ortho intramolecular Hbond substituents is 1. The lowest BCUT2D eigenvalue weighted by Gasteiger charge is -2.08. The number of aromatic hydroxyl groups is 2. The highest BCUT2D eigenvalue weighted by Crippen LogP contribution is 2.30. The Balaban J connectivity index is 2.96. The molecule has 0 atom stereocenters. The van der Waals surface area contributed by atoms with Gasteiger partial charge in [0.1, 0.15) is 11.5 Å². The minimum atomic E-state index is -0.251. The molecule has 1 aromatic carbocycles. The monoisotopic (exact) mass is 217 g/mol. The van der Waals surface area contributed by atoms with Gasteiger partial charge in [-0.2, -0.15) is 0 Å². The van der Waals surface area contributed by atoms with Gasteiger partial charge in [0.05, 0.1) is 16.8 Å².